The Morgan fingerprint density at radius 3 is 2.73 bits per heavy atom. The van der Waals surface area contributed by atoms with E-state index in [4.69, 9.17) is 0 Å². The SMILES string of the molecule is Cn1c(=O)c2c(ncn2CC(=O)N/N=C\c2ccccc2O)n(C)c1=O. The molecule has 2 aromatic heterocycles. The van der Waals surface area contributed by atoms with Crippen LogP contribution >= 0.6 is 0 Å². The molecule has 3 rings (SSSR count). The fraction of sp³-hybridized carbons (Fsp3) is 0.188. The third-order valence-electron chi connectivity index (χ3n) is 3.86. The molecular formula is C16H16N6O4. The summed E-state index contributed by atoms with van der Waals surface area (Å²) in [7, 11) is 2.86. The Bertz CT molecular complexity index is 1140. The number of imidazole rings is 1. The number of nitrogens with zero attached hydrogens (tertiary/aromatic N) is 5. The molecule has 0 bridgehead atoms. The molecule has 0 unspecified atom stereocenters. The maximum absolute atomic E-state index is 12.3. The minimum Gasteiger partial charge on any atom is -0.507 e. The molecule has 0 atom stereocenters. The highest BCUT2D eigenvalue weighted by Gasteiger charge is 2.15. The number of carbonyl (C=O) groups excluding carboxylic acids is 1. The summed E-state index contributed by atoms with van der Waals surface area (Å²) >= 11 is 0. The molecule has 1 aromatic carbocycles. The van der Waals surface area contributed by atoms with Crippen LogP contribution in [0.1, 0.15) is 5.56 Å². The van der Waals surface area contributed by atoms with Crippen molar-refractivity contribution in [2.24, 2.45) is 19.2 Å². The minimum absolute atomic E-state index is 0.0375. The van der Waals surface area contributed by atoms with Crippen LogP contribution < -0.4 is 16.7 Å². The number of hydrazone groups is 1. The molecule has 0 aliphatic rings. The van der Waals surface area contributed by atoms with Gasteiger partial charge in [-0.1, -0.05) is 12.1 Å². The number of amides is 1. The zero-order valence-corrected chi connectivity index (χ0v) is 14.1. The van der Waals surface area contributed by atoms with Crippen molar-refractivity contribution < 1.29 is 9.90 Å². The molecule has 0 aliphatic carbocycles. The van der Waals surface area contributed by atoms with Crippen molar-refractivity contribution in [3.05, 3.63) is 57.0 Å². The fourth-order valence-corrected chi connectivity index (χ4v) is 2.48. The highest BCUT2D eigenvalue weighted by molar-refractivity contribution is 5.85. The van der Waals surface area contributed by atoms with Crippen LogP contribution in [0.25, 0.3) is 11.2 Å². The predicted molar refractivity (Wildman–Crippen MR) is 94.1 cm³/mol. The number of aryl methyl sites for hydroxylation is 1. The maximum Gasteiger partial charge on any atom is 0.332 e. The van der Waals surface area contributed by atoms with Crippen molar-refractivity contribution in [1.82, 2.24) is 24.1 Å². The predicted octanol–water partition coefficient (Wildman–Crippen LogP) is -0.710. The standard InChI is InChI=1S/C16H16N6O4/c1-20-14-13(15(25)21(2)16(20)26)22(9-17-14)8-12(24)19-18-7-10-5-3-4-6-11(10)23/h3-7,9,23H,8H2,1-2H3,(H,19,24)/b18-7-. The molecule has 0 saturated carbocycles. The van der Waals surface area contributed by atoms with Gasteiger partial charge in [0.25, 0.3) is 11.5 Å². The molecule has 10 nitrogen and oxygen atoms in total. The lowest BCUT2D eigenvalue weighted by Gasteiger charge is -2.06. The third-order valence-corrected chi connectivity index (χ3v) is 3.86. The molecule has 0 radical (unpaired) electrons. The van der Waals surface area contributed by atoms with E-state index in [1.54, 1.807) is 18.2 Å². The average Bonchev–Trinajstić information content (AvgIpc) is 3.03. The lowest BCUT2D eigenvalue weighted by Crippen LogP contribution is -2.38. The van der Waals surface area contributed by atoms with Gasteiger partial charge in [0.15, 0.2) is 11.2 Å². The van der Waals surface area contributed by atoms with Gasteiger partial charge in [0.1, 0.15) is 12.3 Å². The van der Waals surface area contributed by atoms with Crippen molar-refractivity contribution in [3.8, 4) is 5.75 Å². The van der Waals surface area contributed by atoms with Gasteiger partial charge in [0.05, 0.1) is 12.5 Å². The number of hydrogen-bond acceptors (Lipinski definition) is 6. The van der Waals surface area contributed by atoms with E-state index in [0.29, 0.717) is 5.56 Å². The summed E-state index contributed by atoms with van der Waals surface area (Å²) in [5.41, 5.74) is 2.08. The minimum atomic E-state index is -0.536. The van der Waals surface area contributed by atoms with E-state index in [-0.39, 0.29) is 23.5 Å². The van der Waals surface area contributed by atoms with Crippen LogP contribution in [0, 0.1) is 0 Å². The fourth-order valence-electron chi connectivity index (χ4n) is 2.48. The summed E-state index contributed by atoms with van der Waals surface area (Å²) in [6.07, 6.45) is 2.62. The number of phenolic OH excluding ortho intramolecular Hbond substituents is 1. The van der Waals surface area contributed by atoms with Gasteiger partial charge in [-0.15, -0.1) is 0 Å². The Balaban J connectivity index is 1.81. The number of aromatic nitrogens is 4. The molecule has 0 saturated heterocycles. The number of rotatable bonds is 4. The molecule has 26 heavy (non-hydrogen) atoms. The number of fused-ring (bicyclic) bond motifs is 1. The summed E-state index contributed by atoms with van der Waals surface area (Å²) in [5, 5.41) is 13.4. The first-order chi connectivity index (χ1) is 12.4. The van der Waals surface area contributed by atoms with E-state index in [1.807, 2.05) is 0 Å². The molecule has 0 spiro atoms. The largest absolute Gasteiger partial charge is 0.507 e. The van der Waals surface area contributed by atoms with Crippen LogP contribution in [0.5, 0.6) is 5.75 Å². The van der Waals surface area contributed by atoms with Crippen molar-refractivity contribution >= 4 is 23.3 Å². The van der Waals surface area contributed by atoms with Crippen LogP contribution in [0.15, 0.2) is 45.3 Å². The van der Waals surface area contributed by atoms with Crippen LogP contribution in [-0.4, -0.2) is 35.9 Å². The summed E-state index contributed by atoms with van der Waals surface area (Å²) in [6.45, 7) is -0.206. The van der Waals surface area contributed by atoms with E-state index in [2.05, 4.69) is 15.5 Å². The lowest BCUT2D eigenvalue weighted by molar-refractivity contribution is -0.121. The van der Waals surface area contributed by atoms with E-state index >= 15 is 0 Å². The number of aromatic hydroxyl groups is 1. The quantitative estimate of drug-likeness (QED) is 0.472. The van der Waals surface area contributed by atoms with Crippen LogP contribution in [0.2, 0.25) is 0 Å². The van der Waals surface area contributed by atoms with Crippen molar-refractivity contribution in [2.75, 3.05) is 0 Å². The molecule has 2 heterocycles. The van der Waals surface area contributed by atoms with Gasteiger partial charge in [-0.05, 0) is 12.1 Å². The van der Waals surface area contributed by atoms with Gasteiger partial charge in [-0.2, -0.15) is 5.10 Å². The van der Waals surface area contributed by atoms with E-state index < -0.39 is 17.2 Å². The first-order valence-corrected chi connectivity index (χ1v) is 7.61. The van der Waals surface area contributed by atoms with Crippen LogP contribution in [0.4, 0.5) is 0 Å². The smallest absolute Gasteiger partial charge is 0.332 e. The Morgan fingerprint density at radius 2 is 2.00 bits per heavy atom. The van der Waals surface area contributed by atoms with Gasteiger partial charge in [-0.3, -0.25) is 18.7 Å². The Morgan fingerprint density at radius 1 is 1.27 bits per heavy atom. The second-order valence-corrected chi connectivity index (χ2v) is 5.60. The molecule has 0 fully saturated rings. The van der Waals surface area contributed by atoms with Gasteiger partial charge >= 0.3 is 5.69 Å². The van der Waals surface area contributed by atoms with E-state index in [0.717, 1.165) is 4.57 Å². The highest BCUT2D eigenvalue weighted by atomic mass is 16.3. The number of hydrogen-bond donors (Lipinski definition) is 2. The molecule has 0 aliphatic heterocycles. The number of nitrogens with one attached hydrogen (secondary N) is 1. The topological polar surface area (TPSA) is 124 Å². The number of phenols is 1. The van der Waals surface area contributed by atoms with Gasteiger partial charge in [0.2, 0.25) is 0 Å². The Labute approximate surface area is 146 Å². The lowest BCUT2D eigenvalue weighted by atomic mass is 10.2. The van der Waals surface area contributed by atoms with Crippen molar-refractivity contribution in [2.45, 2.75) is 6.54 Å². The van der Waals surface area contributed by atoms with Crippen LogP contribution in [0.3, 0.4) is 0 Å². The summed E-state index contributed by atoms with van der Waals surface area (Å²) in [5.74, 6) is -0.456. The zero-order valence-electron chi connectivity index (χ0n) is 14.1. The number of para-hydroxylation sites is 1. The average molecular weight is 356 g/mol. The Kier molecular flexibility index (Phi) is 4.40. The summed E-state index contributed by atoms with van der Waals surface area (Å²) in [4.78, 5) is 40.3. The summed E-state index contributed by atoms with van der Waals surface area (Å²) in [6, 6.07) is 6.53. The molecule has 10 heteroatoms. The van der Waals surface area contributed by atoms with Gasteiger partial charge < -0.3 is 9.67 Å². The first kappa shape index (κ1) is 17.1. The molecular weight excluding hydrogens is 340 g/mol. The first-order valence-electron chi connectivity index (χ1n) is 7.61. The maximum atomic E-state index is 12.3. The zero-order chi connectivity index (χ0) is 18.8. The molecule has 3 aromatic rings. The van der Waals surface area contributed by atoms with Gasteiger partial charge in [-0.25, -0.2) is 15.2 Å². The number of benzene rings is 1. The molecule has 1 amide bonds. The Hall–Kier alpha value is -3.69. The summed E-state index contributed by atoms with van der Waals surface area (Å²) < 4.78 is 3.54. The van der Waals surface area contributed by atoms with Crippen molar-refractivity contribution in [1.29, 1.82) is 0 Å². The van der Waals surface area contributed by atoms with Crippen LogP contribution in [-0.2, 0) is 25.4 Å². The second kappa shape index (κ2) is 6.67. The third kappa shape index (κ3) is 2.99. The van der Waals surface area contributed by atoms with Gasteiger partial charge in [0, 0.05) is 19.7 Å². The monoisotopic (exact) mass is 356 g/mol. The highest BCUT2D eigenvalue weighted by Crippen LogP contribution is 2.12. The number of carbonyl (C=O) groups is 1. The molecule has 134 valence electrons. The van der Waals surface area contributed by atoms with E-state index in [1.165, 1.54) is 41.8 Å². The van der Waals surface area contributed by atoms with E-state index in [9.17, 15) is 19.5 Å². The van der Waals surface area contributed by atoms with Crippen molar-refractivity contribution in [3.63, 3.8) is 0 Å². The second-order valence-electron chi connectivity index (χ2n) is 5.60. The normalized spacial score (nSPS) is 11.3. The molecule has 2 N–H and O–H groups in total.